The van der Waals surface area contributed by atoms with Crippen molar-refractivity contribution in [2.75, 3.05) is 5.32 Å². The highest BCUT2D eigenvalue weighted by Gasteiger charge is 2.16. The van der Waals surface area contributed by atoms with Crippen LogP contribution in [0.5, 0.6) is 0 Å². The van der Waals surface area contributed by atoms with Gasteiger partial charge in [-0.05, 0) is 36.6 Å². The fraction of sp³-hybridized carbons (Fsp3) is 0.217. The fourth-order valence-electron chi connectivity index (χ4n) is 3.27. The number of carbonyl (C=O) groups excluding carboxylic acids is 1. The summed E-state index contributed by atoms with van der Waals surface area (Å²) in [5, 5.41) is 6.89. The van der Waals surface area contributed by atoms with Gasteiger partial charge in [-0.1, -0.05) is 48.5 Å². The molecule has 0 aliphatic carbocycles. The van der Waals surface area contributed by atoms with Gasteiger partial charge < -0.3 is 9.84 Å². The molecule has 0 bridgehead atoms. The minimum atomic E-state index is -0.354. The molecular weight excluding hydrogens is 380 g/mol. The number of fused-ring (bicyclic) bond motifs is 1. The predicted octanol–water partition coefficient (Wildman–Crippen LogP) is 3.95. The van der Waals surface area contributed by atoms with Crippen molar-refractivity contribution in [2.24, 2.45) is 0 Å². The van der Waals surface area contributed by atoms with E-state index in [4.69, 9.17) is 4.52 Å². The van der Waals surface area contributed by atoms with Crippen LogP contribution >= 0.6 is 0 Å². The number of amides is 1. The number of benzene rings is 2. The molecule has 2 aromatic carbocycles. The molecular formula is C23H22N4O3. The van der Waals surface area contributed by atoms with Crippen LogP contribution < -0.4 is 10.9 Å². The number of hydrogen-bond donors (Lipinski definition) is 1. The van der Waals surface area contributed by atoms with Crippen LogP contribution in [0.25, 0.3) is 22.4 Å². The molecule has 0 saturated carbocycles. The van der Waals surface area contributed by atoms with Crippen molar-refractivity contribution in [3.63, 3.8) is 0 Å². The Morgan fingerprint density at radius 3 is 2.70 bits per heavy atom. The maximum atomic E-state index is 12.7. The SMILES string of the molecule is CCc1ccc(-c2noc3c(=O)n(CCC(=O)Nc4cccc(C)c4)cnc23)cc1. The van der Waals surface area contributed by atoms with Gasteiger partial charge in [0.05, 0.1) is 6.33 Å². The number of nitrogens with one attached hydrogen (secondary N) is 1. The Bertz CT molecular complexity index is 1260. The third-order valence-corrected chi connectivity index (χ3v) is 4.97. The van der Waals surface area contributed by atoms with Gasteiger partial charge in [-0.15, -0.1) is 0 Å². The zero-order valence-electron chi connectivity index (χ0n) is 16.9. The third-order valence-electron chi connectivity index (χ3n) is 4.97. The van der Waals surface area contributed by atoms with Gasteiger partial charge in [0.25, 0.3) is 11.1 Å². The van der Waals surface area contributed by atoms with E-state index in [0.717, 1.165) is 23.2 Å². The lowest BCUT2D eigenvalue weighted by Crippen LogP contribution is -2.23. The van der Waals surface area contributed by atoms with Crippen molar-refractivity contribution < 1.29 is 9.32 Å². The molecule has 7 nitrogen and oxygen atoms in total. The maximum Gasteiger partial charge on any atom is 0.299 e. The van der Waals surface area contributed by atoms with Crippen LogP contribution in [-0.4, -0.2) is 20.6 Å². The average Bonchev–Trinajstić information content (AvgIpc) is 3.18. The molecule has 4 rings (SSSR count). The summed E-state index contributed by atoms with van der Waals surface area (Å²) >= 11 is 0. The van der Waals surface area contributed by atoms with Crippen LogP contribution in [0.15, 0.2) is 64.2 Å². The van der Waals surface area contributed by atoms with E-state index < -0.39 is 0 Å². The summed E-state index contributed by atoms with van der Waals surface area (Å²) in [6.45, 7) is 4.24. The quantitative estimate of drug-likeness (QED) is 0.527. The molecule has 0 aliphatic heterocycles. The first-order valence-corrected chi connectivity index (χ1v) is 9.86. The molecule has 2 heterocycles. The van der Waals surface area contributed by atoms with E-state index in [-0.39, 0.29) is 30.0 Å². The number of hydrogen-bond acceptors (Lipinski definition) is 5. The number of aryl methyl sites for hydroxylation is 3. The summed E-state index contributed by atoms with van der Waals surface area (Å²) in [6, 6.07) is 15.5. The summed E-state index contributed by atoms with van der Waals surface area (Å²) in [5.41, 5.74) is 4.54. The van der Waals surface area contributed by atoms with Crippen molar-refractivity contribution in [3.05, 3.63) is 76.3 Å². The average molecular weight is 402 g/mol. The normalized spacial score (nSPS) is 11.0. The van der Waals surface area contributed by atoms with Gasteiger partial charge in [0.15, 0.2) is 0 Å². The molecule has 4 aromatic rings. The number of nitrogens with zero attached hydrogens (tertiary/aromatic N) is 3. The van der Waals surface area contributed by atoms with E-state index in [9.17, 15) is 9.59 Å². The van der Waals surface area contributed by atoms with Crippen LogP contribution in [0.2, 0.25) is 0 Å². The number of anilines is 1. The van der Waals surface area contributed by atoms with Crippen molar-refractivity contribution in [2.45, 2.75) is 33.2 Å². The van der Waals surface area contributed by atoms with Crippen LogP contribution in [0.1, 0.15) is 24.5 Å². The fourth-order valence-corrected chi connectivity index (χ4v) is 3.27. The number of aromatic nitrogens is 3. The van der Waals surface area contributed by atoms with Crippen molar-refractivity contribution >= 4 is 22.7 Å². The van der Waals surface area contributed by atoms with Crippen molar-refractivity contribution in [1.82, 2.24) is 14.7 Å². The van der Waals surface area contributed by atoms with Crippen molar-refractivity contribution in [1.29, 1.82) is 0 Å². The van der Waals surface area contributed by atoms with Gasteiger partial charge in [0, 0.05) is 24.2 Å². The zero-order chi connectivity index (χ0) is 21.1. The molecule has 7 heteroatoms. The Labute approximate surface area is 173 Å². The summed E-state index contributed by atoms with van der Waals surface area (Å²) < 4.78 is 6.67. The standard InChI is InChI=1S/C23H22N4O3/c1-3-16-7-9-17(10-8-16)20-21-22(30-26-20)23(29)27(14-24-21)12-11-19(28)25-18-6-4-5-15(2)13-18/h4-10,13-14H,3,11-12H2,1-2H3,(H,25,28). The molecule has 2 aromatic heterocycles. The molecule has 0 fully saturated rings. The maximum absolute atomic E-state index is 12.7. The Hall–Kier alpha value is -3.74. The lowest BCUT2D eigenvalue weighted by molar-refractivity contribution is -0.116. The topological polar surface area (TPSA) is 90.0 Å². The molecule has 0 unspecified atom stereocenters. The van der Waals surface area contributed by atoms with E-state index in [1.165, 1.54) is 16.5 Å². The van der Waals surface area contributed by atoms with Gasteiger partial charge in [-0.25, -0.2) is 4.98 Å². The Kier molecular flexibility index (Phi) is 5.43. The smallest absolute Gasteiger partial charge is 0.299 e. The second-order valence-electron chi connectivity index (χ2n) is 7.17. The number of carbonyl (C=O) groups is 1. The van der Waals surface area contributed by atoms with E-state index in [2.05, 4.69) is 22.4 Å². The van der Waals surface area contributed by atoms with Gasteiger partial charge in [0.1, 0.15) is 11.2 Å². The van der Waals surface area contributed by atoms with Gasteiger partial charge in [0.2, 0.25) is 5.91 Å². The molecule has 0 spiro atoms. The second-order valence-corrected chi connectivity index (χ2v) is 7.17. The third kappa shape index (κ3) is 4.00. The molecule has 30 heavy (non-hydrogen) atoms. The van der Waals surface area contributed by atoms with Gasteiger partial charge in [-0.3, -0.25) is 14.2 Å². The summed E-state index contributed by atoms with van der Waals surface area (Å²) in [7, 11) is 0. The zero-order valence-corrected chi connectivity index (χ0v) is 16.9. The molecule has 0 aliphatic rings. The molecule has 1 N–H and O–H groups in total. The Balaban J connectivity index is 1.51. The highest BCUT2D eigenvalue weighted by Crippen LogP contribution is 2.24. The Morgan fingerprint density at radius 1 is 1.17 bits per heavy atom. The lowest BCUT2D eigenvalue weighted by atomic mass is 10.1. The van der Waals surface area contributed by atoms with Crippen LogP contribution in [0, 0.1) is 6.92 Å². The van der Waals surface area contributed by atoms with Crippen LogP contribution in [0.3, 0.4) is 0 Å². The predicted molar refractivity (Wildman–Crippen MR) is 115 cm³/mol. The largest absolute Gasteiger partial charge is 0.348 e. The molecule has 0 atom stereocenters. The number of rotatable bonds is 6. The van der Waals surface area contributed by atoms with E-state index >= 15 is 0 Å². The van der Waals surface area contributed by atoms with Crippen LogP contribution in [-0.2, 0) is 17.8 Å². The molecule has 152 valence electrons. The molecule has 1 amide bonds. The minimum Gasteiger partial charge on any atom is -0.348 e. The minimum absolute atomic E-state index is 0.0890. The summed E-state index contributed by atoms with van der Waals surface area (Å²) in [4.78, 5) is 29.3. The highest BCUT2D eigenvalue weighted by molar-refractivity contribution is 5.91. The highest BCUT2D eigenvalue weighted by atomic mass is 16.5. The van der Waals surface area contributed by atoms with E-state index in [1.807, 2.05) is 55.5 Å². The molecule has 0 radical (unpaired) electrons. The van der Waals surface area contributed by atoms with E-state index in [0.29, 0.717) is 11.2 Å². The van der Waals surface area contributed by atoms with E-state index in [1.54, 1.807) is 0 Å². The summed E-state index contributed by atoms with van der Waals surface area (Å²) in [6.07, 6.45) is 2.52. The summed E-state index contributed by atoms with van der Waals surface area (Å²) in [5.74, 6) is -0.179. The van der Waals surface area contributed by atoms with Crippen LogP contribution in [0.4, 0.5) is 5.69 Å². The first-order chi connectivity index (χ1) is 14.5. The lowest BCUT2D eigenvalue weighted by Gasteiger charge is -2.07. The monoisotopic (exact) mass is 402 g/mol. The second kappa shape index (κ2) is 8.32. The first-order valence-electron chi connectivity index (χ1n) is 9.86. The van der Waals surface area contributed by atoms with Gasteiger partial charge in [-0.2, -0.15) is 0 Å². The first kappa shape index (κ1) is 19.6. The van der Waals surface area contributed by atoms with Gasteiger partial charge >= 0.3 is 0 Å². The molecule has 0 saturated heterocycles. The Morgan fingerprint density at radius 2 is 1.97 bits per heavy atom. The van der Waals surface area contributed by atoms with Crippen molar-refractivity contribution in [3.8, 4) is 11.3 Å².